The van der Waals surface area contributed by atoms with Crippen molar-refractivity contribution in [2.45, 2.75) is 107 Å². The van der Waals surface area contributed by atoms with Crippen molar-refractivity contribution in [2.24, 2.45) is 11.3 Å². The highest BCUT2D eigenvalue weighted by molar-refractivity contribution is 5.43. The molecule has 7 N–H and O–H groups in total. The maximum absolute atomic E-state index is 11.0. The van der Waals surface area contributed by atoms with E-state index < -0.39 is 80.0 Å². The van der Waals surface area contributed by atoms with Crippen LogP contribution in [0.25, 0.3) is 0 Å². The fourth-order valence-electron chi connectivity index (χ4n) is 7.05. The highest BCUT2D eigenvalue weighted by Crippen LogP contribution is 2.57. The highest BCUT2D eigenvalue weighted by Gasteiger charge is 2.57. The molecule has 0 amide bonds. The Labute approximate surface area is 233 Å². The third kappa shape index (κ3) is 4.96. The Hall–Kier alpha value is -1.42. The van der Waals surface area contributed by atoms with Crippen LogP contribution >= 0.6 is 0 Å². The second-order valence-corrected chi connectivity index (χ2v) is 12.3. The van der Waals surface area contributed by atoms with E-state index in [-0.39, 0.29) is 17.4 Å². The number of benzene rings is 1. The standard InChI is InChI=1S/C28H42O12/c1-27(2)17-12-36-14-7-5-4-6-13(14)28(17,3)9-8-18(27)39-25-23(35)21(33)24(16(11-30)38-25)40-26-22(34)20(32)19(31)15(10-29)37-26/h4-7,15-26,29-35H,8-12H2,1-3H3/t15-,16-,17-,18+,19+,20+,21-,22-,23-,24-,25+,26+,28-/m1/s1. The lowest BCUT2D eigenvalue weighted by Crippen LogP contribution is -2.65. The predicted molar refractivity (Wildman–Crippen MR) is 137 cm³/mol. The van der Waals surface area contributed by atoms with Crippen LogP contribution in [0.1, 0.15) is 39.2 Å². The zero-order chi connectivity index (χ0) is 29.0. The summed E-state index contributed by atoms with van der Waals surface area (Å²) in [5.41, 5.74) is 0.616. The number of para-hydroxylation sites is 1. The molecule has 1 aromatic rings. The van der Waals surface area contributed by atoms with Gasteiger partial charge in [0.05, 0.1) is 25.9 Å². The fraction of sp³-hybridized carbons (Fsp3) is 0.786. The quantitative estimate of drug-likeness (QED) is 0.216. The van der Waals surface area contributed by atoms with Crippen molar-refractivity contribution in [1.29, 1.82) is 0 Å². The van der Waals surface area contributed by atoms with Crippen LogP contribution in [0.15, 0.2) is 24.3 Å². The second-order valence-electron chi connectivity index (χ2n) is 12.3. The number of hydrogen-bond donors (Lipinski definition) is 7. The normalized spacial score (nSPS) is 46.6. The summed E-state index contributed by atoms with van der Waals surface area (Å²) in [6.45, 7) is 5.66. The van der Waals surface area contributed by atoms with Crippen LogP contribution in [0.4, 0.5) is 0 Å². The Morgan fingerprint density at radius 1 is 0.800 bits per heavy atom. The van der Waals surface area contributed by atoms with E-state index in [9.17, 15) is 35.7 Å². The molecule has 1 saturated carbocycles. The van der Waals surface area contributed by atoms with Crippen molar-refractivity contribution in [3.05, 3.63) is 29.8 Å². The first-order valence-electron chi connectivity index (χ1n) is 13.9. The molecule has 5 rings (SSSR count). The summed E-state index contributed by atoms with van der Waals surface area (Å²) in [4.78, 5) is 0. The number of aliphatic hydroxyl groups excluding tert-OH is 7. The Morgan fingerprint density at radius 2 is 1.43 bits per heavy atom. The number of fused-ring (bicyclic) bond motifs is 3. The van der Waals surface area contributed by atoms with Crippen molar-refractivity contribution >= 4 is 0 Å². The summed E-state index contributed by atoms with van der Waals surface area (Å²) >= 11 is 0. The first-order valence-corrected chi connectivity index (χ1v) is 13.9. The monoisotopic (exact) mass is 570 g/mol. The number of aliphatic hydroxyl groups is 7. The van der Waals surface area contributed by atoms with Crippen LogP contribution in [-0.2, 0) is 24.4 Å². The molecule has 2 saturated heterocycles. The summed E-state index contributed by atoms with van der Waals surface area (Å²) in [5.74, 6) is 0.983. The molecule has 0 aromatic heterocycles. The molecule has 12 nitrogen and oxygen atoms in total. The van der Waals surface area contributed by atoms with E-state index in [2.05, 4.69) is 26.8 Å². The predicted octanol–water partition coefficient (Wildman–Crippen LogP) is -1.22. The van der Waals surface area contributed by atoms with E-state index in [0.29, 0.717) is 13.0 Å². The number of ether oxygens (including phenoxy) is 5. The van der Waals surface area contributed by atoms with E-state index in [1.807, 2.05) is 18.2 Å². The van der Waals surface area contributed by atoms with Gasteiger partial charge in [0.1, 0.15) is 54.6 Å². The molecule has 226 valence electrons. The average molecular weight is 571 g/mol. The van der Waals surface area contributed by atoms with Gasteiger partial charge in [-0.1, -0.05) is 39.0 Å². The first kappa shape index (κ1) is 30.1. The Morgan fingerprint density at radius 3 is 2.12 bits per heavy atom. The minimum atomic E-state index is -1.73. The highest BCUT2D eigenvalue weighted by atomic mass is 16.7. The molecule has 0 unspecified atom stereocenters. The van der Waals surface area contributed by atoms with E-state index in [4.69, 9.17) is 23.7 Å². The van der Waals surface area contributed by atoms with Gasteiger partial charge in [-0.3, -0.25) is 0 Å². The Bertz CT molecular complexity index is 1020. The molecule has 1 aromatic carbocycles. The third-order valence-corrected chi connectivity index (χ3v) is 9.59. The van der Waals surface area contributed by atoms with Gasteiger partial charge in [0.25, 0.3) is 0 Å². The van der Waals surface area contributed by atoms with Crippen LogP contribution < -0.4 is 4.74 Å². The van der Waals surface area contributed by atoms with Crippen LogP contribution in [0, 0.1) is 11.3 Å². The summed E-state index contributed by atoms with van der Waals surface area (Å²) in [6.07, 6.45) is -13.8. The van der Waals surface area contributed by atoms with Crippen molar-refractivity contribution in [1.82, 2.24) is 0 Å². The average Bonchev–Trinajstić information content (AvgIpc) is 2.94. The maximum atomic E-state index is 11.0. The summed E-state index contributed by atoms with van der Waals surface area (Å²) in [7, 11) is 0. The zero-order valence-electron chi connectivity index (χ0n) is 22.9. The zero-order valence-corrected chi connectivity index (χ0v) is 22.9. The van der Waals surface area contributed by atoms with Gasteiger partial charge >= 0.3 is 0 Å². The van der Waals surface area contributed by atoms with Gasteiger partial charge in [0, 0.05) is 16.9 Å². The largest absolute Gasteiger partial charge is 0.493 e. The lowest BCUT2D eigenvalue weighted by Gasteiger charge is -2.57. The van der Waals surface area contributed by atoms with Crippen molar-refractivity contribution in [2.75, 3.05) is 19.8 Å². The second kappa shape index (κ2) is 11.3. The topological polar surface area (TPSA) is 188 Å². The van der Waals surface area contributed by atoms with Gasteiger partial charge in [0.15, 0.2) is 12.6 Å². The van der Waals surface area contributed by atoms with Crippen LogP contribution in [0.2, 0.25) is 0 Å². The van der Waals surface area contributed by atoms with E-state index in [1.54, 1.807) is 0 Å². The van der Waals surface area contributed by atoms with E-state index in [0.717, 1.165) is 17.7 Å². The van der Waals surface area contributed by atoms with Crippen molar-refractivity contribution in [3.63, 3.8) is 0 Å². The lowest BCUT2D eigenvalue weighted by molar-refractivity contribution is -0.367. The molecule has 4 aliphatic rings. The van der Waals surface area contributed by atoms with Crippen molar-refractivity contribution < 1.29 is 59.4 Å². The van der Waals surface area contributed by atoms with E-state index in [1.165, 1.54) is 0 Å². The number of hydrogen-bond acceptors (Lipinski definition) is 12. The van der Waals surface area contributed by atoms with Crippen LogP contribution in [0.5, 0.6) is 5.75 Å². The van der Waals surface area contributed by atoms with E-state index >= 15 is 0 Å². The molecular weight excluding hydrogens is 528 g/mol. The lowest BCUT2D eigenvalue weighted by atomic mass is 9.52. The molecule has 0 bridgehead atoms. The minimum Gasteiger partial charge on any atom is -0.493 e. The molecule has 0 spiro atoms. The van der Waals surface area contributed by atoms with Crippen molar-refractivity contribution in [3.8, 4) is 5.75 Å². The maximum Gasteiger partial charge on any atom is 0.187 e. The van der Waals surface area contributed by atoms with Gasteiger partial charge in [0.2, 0.25) is 0 Å². The molecule has 3 fully saturated rings. The summed E-state index contributed by atoms with van der Waals surface area (Å²) in [6, 6.07) is 8.06. The third-order valence-electron chi connectivity index (χ3n) is 9.59. The SMILES string of the molecule is CC1(C)[C@@H](O[C@@H]2O[C@H](CO)[C@@H](O[C@@H]3O[C@H](CO)[C@H](O)[C@H](O)[C@H]3O)[C@H](O)[C@H]2O)CC[C@]2(C)c3ccccc3OC[C@H]12. The molecule has 40 heavy (non-hydrogen) atoms. The van der Waals surface area contributed by atoms with Gasteiger partial charge in [-0.2, -0.15) is 0 Å². The summed E-state index contributed by atoms with van der Waals surface area (Å²) < 4.78 is 29.4. The molecule has 13 atom stereocenters. The van der Waals surface area contributed by atoms with Gasteiger partial charge in [-0.05, 0) is 24.3 Å². The van der Waals surface area contributed by atoms with Gasteiger partial charge in [-0.25, -0.2) is 0 Å². The smallest absolute Gasteiger partial charge is 0.187 e. The fourth-order valence-corrected chi connectivity index (χ4v) is 7.05. The van der Waals surface area contributed by atoms with Crippen LogP contribution in [-0.4, -0.2) is 123 Å². The van der Waals surface area contributed by atoms with Gasteiger partial charge < -0.3 is 59.4 Å². The van der Waals surface area contributed by atoms with Crippen LogP contribution in [0.3, 0.4) is 0 Å². The molecule has 0 radical (unpaired) electrons. The molecule has 1 aliphatic carbocycles. The molecular formula is C28H42O12. The molecule has 3 aliphatic heterocycles. The molecule has 12 heteroatoms. The number of rotatable bonds is 6. The minimum absolute atomic E-state index is 0.0928. The summed E-state index contributed by atoms with van der Waals surface area (Å²) in [5, 5.41) is 71.9. The Kier molecular flexibility index (Phi) is 8.52. The first-order chi connectivity index (χ1) is 18.9. The van der Waals surface area contributed by atoms with Gasteiger partial charge in [-0.15, -0.1) is 0 Å². The Balaban J connectivity index is 1.29. The molecule has 3 heterocycles.